The number of halogens is 3. The van der Waals surface area contributed by atoms with Crippen LogP contribution >= 0.6 is 0 Å². The monoisotopic (exact) mass is 245 g/mol. The molecule has 0 atom stereocenters. The minimum absolute atomic E-state index is 0.00623. The van der Waals surface area contributed by atoms with Crippen LogP contribution in [0.3, 0.4) is 0 Å². The van der Waals surface area contributed by atoms with E-state index in [2.05, 4.69) is 0 Å². The van der Waals surface area contributed by atoms with Crippen LogP contribution in [-0.2, 0) is 12.7 Å². The number of nitrogens with zero attached hydrogens (tertiary/aromatic N) is 2. The Bertz CT molecular complexity index is 547. The zero-order valence-corrected chi connectivity index (χ0v) is 8.74. The van der Waals surface area contributed by atoms with Crippen LogP contribution < -0.4 is 10.5 Å². The molecule has 17 heavy (non-hydrogen) atoms. The van der Waals surface area contributed by atoms with E-state index in [0.717, 1.165) is 12.1 Å². The zero-order valence-electron chi connectivity index (χ0n) is 8.74. The Labute approximate surface area is 94.6 Å². The molecule has 0 aliphatic heterocycles. The van der Waals surface area contributed by atoms with Gasteiger partial charge >= 0.3 is 6.18 Å². The van der Waals surface area contributed by atoms with Gasteiger partial charge in [-0.1, -0.05) is 0 Å². The summed E-state index contributed by atoms with van der Waals surface area (Å²) in [6.45, 7) is 0.696. The standard InChI is InChI=1S/C10H10F3N3O/c11-10(12,13)7-1-2-8-9(5-7)16(17)6-15(8)4-3-14/h1-2,5-6H,3-4,14H2. The van der Waals surface area contributed by atoms with E-state index >= 15 is 0 Å². The molecule has 0 unspecified atom stereocenters. The maximum atomic E-state index is 12.5. The van der Waals surface area contributed by atoms with Crippen molar-refractivity contribution >= 4 is 11.0 Å². The topological polar surface area (TPSA) is 57.9 Å². The average molecular weight is 245 g/mol. The Morgan fingerprint density at radius 3 is 2.65 bits per heavy atom. The van der Waals surface area contributed by atoms with Crippen LogP contribution in [0, 0.1) is 5.21 Å². The minimum atomic E-state index is -4.45. The highest BCUT2D eigenvalue weighted by Gasteiger charge is 2.31. The Morgan fingerprint density at radius 2 is 2.06 bits per heavy atom. The number of nitrogens with two attached hydrogens (primary N) is 1. The van der Waals surface area contributed by atoms with Gasteiger partial charge in [-0.2, -0.15) is 13.2 Å². The molecule has 4 nitrogen and oxygen atoms in total. The average Bonchev–Trinajstić information content (AvgIpc) is 2.55. The summed E-state index contributed by atoms with van der Waals surface area (Å²) >= 11 is 0. The Kier molecular flexibility index (Phi) is 2.70. The van der Waals surface area contributed by atoms with Gasteiger partial charge in [0.25, 0.3) is 0 Å². The van der Waals surface area contributed by atoms with Gasteiger partial charge in [0.2, 0.25) is 6.33 Å². The van der Waals surface area contributed by atoms with Gasteiger partial charge in [0.05, 0.1) is 5.56 Å². The predicted molar refractivity (Wildman–Crippen MR) is 55.0 cm³/mol. The largest absolute Gasteiger partial charge is 0.710 e. The number of alkyl halides is 3. The van der Waals surface area contributed by atoms with Gasteiger partial charge in [0, 0.05) is 12.6 Å². The molecule has 2 N–H and O–H groups in total. The van der Waals surface area contributed by atoms with E-state index in [1.807, 2.05) is 0 Å². The molecule has 0 saturated carbocycles. The van der Waals surface area contributed by atoms with Crippen molar-refractivity contribution in [1.82, 2.24) is 4.57 Å². The molecule has 0 fully saturated rings. The smallest absolute Gasteiger partial charge is 0.416 e. The molecule has 92 valence electrons. The molecule has 0 aliphatic rings. The second-order valence-corrected chi connectivity index (χ2v) is 3.62. The summed E-state index contributed by atoms with van der Waals surface area (Å²) in [6, 6.07) is 3.08. The number of rotatable bonds is 2. The lowest BCUT2D eigenvalue weighted by Crippen LogP contribution is -2.24. The van der Waals surface area contributed by atoms with Gasteiger partial charge in [-0.05, 0) is 12.1 Å². The van der Waals surface area contributed by atoms with Gasteiger partial charge in [-0.25, -0.2) is 9.30 Å². The Morgan fingerprint density at radius 1 is 1.35 bits per heavy atom. The summed E-state index contributed by atoms with van der Waals surface area (Å²) < 4.78 is 39.3. The lowest BCUT2D eigenvalue weighted by molar-refractivity contribution is -0.578. The normalized spacial score (nSPS) is 12.2. The molecule has 0 amide bonds. The molecule has 0 bridgehead atoms. The summed E-state index contributed by atoms with van der Waals surface area (Å²) in [7, 11) is 0. The fourth-order valence-corrected chi connectivity index (χ4v) is 1.69. The summed E-state index contributed by atoms with van der Waals surface area (Å²) in [5.74, 6) is 0. The van der Waals surface area contributed by atoms with Crippen LogP contribution in [0.25, 0.3) is 11.0 Å². The first kappa shape index (κ1) is 11.7. The Balaban J connectivity index is 2.59. The van der Waals surface area contributed by atoms with Gasteiger partial charge < -0.3 is 10.9 Å². The molecule has 1 aromatic heterocycles. The lowest BCUT2D eigenvalue weighted by Gasteiger charge is -2.05. The van der Waals surface area contributed by atoms with E-state index in [1.165, 1.54) is 17.0 Å². The predicted octanol–water partition coefficient (Wildman–Crippen LogP) is 1.25. The quantitative estimate of drug-likeness (QED) is 0.639. The molecule has 1 heterocycles. The fourth-order valence-electron chi connectivity index (χ4n) is 1.69. The van der Waals surface area contributed by atoms with E-state index in [0.29, 0.717) is 23.3 Å². The summed E-state index contributed by atoms with van der Waals surface area (Å²) in [5.41, 5.74) is 4.95. The summed E-state index contributed by atoms with van der Waals surface area (Å²) in [4.78, 5) is 0. The van der Waals surface area contributed by atoms with Crippen molar-refractivity contribution in [2.75, 3.05) is 6.54 Å². The van der Waals surface area contributed by atoms with Gasteiger partial charge in [-0.3, -0.25) is 0 Å². The van der Waals surface area contributed by atoms with Crippen molar-refractivity contribution in [2.45, 2.75) is 12.7 Å². The van der Waals surface area contributed by atoms with Crippen molar-refractivity contribution in [1.29, 1.82) is 0 Å². The molecule has 2 aromatic rings. The SMILES string of the molecule is NCCn1c[n+]([O-])c2cc(C(F)(F)F)ccc21. The maximum absolute atomic E-state index is 12.5. The van der Waals surface area contributed by atoms with E-state index in [1.54, 1.807) is 0 Å². The zero-order chi connectivity index (χ0) is 12.6. The van der Waals surface area contributed by atoms with Crippen LogP contribution in [0.5, 0.6) is 0 Å². The third kappa shape index (κ3) is 2.05. The van der Waals surface area contributed by atoms with Crippen LogP contribution in [0.15, 0.2) is 24.5 Å². The second-order valence-electron chi connectivity index (χ2n) is 3.62. The number of benzene rings is 1. The maximum Gasteiger partial charge on any atom is 0.416 e. The number of hydrogen-bond donors (Lipinski definition) is 1. The van der Waals surface area contributed by atoms with Crippen molar-refractivity contribution in [3.63, 3.8) is 0 Å². The first-order chi connectivity index (χ1) is 7.93. The van der Waals surface area contributed by atoms with Gasteiger partial charge in [0.15, 0.2) is 11.0 Å². The van der Waals surface area contributed by atoms with E-state index in [-0.39, 0.29) is 5.52 Å². The van der Waals surface area contributed by atoms with Crippen molar-refractivity contribution in [3.8, 4) is 0 Å². The van der Waals surface area contributed by atoms with E-state index in [9.17, 15) is 18.4 Å². The molecule has 1 aromatic carbocycles. The number of fused-ring (bicyclic) bond motifs is 1. The summed E-state index contributed by atoms with van der Waals surface area (Å²) in [6.07, 6.45) is -3.26. The minimum Gasteiger partial charge on any atom is -0.710 e. The van der Waals surface area contributed by atoms with Crippen LogP contribution in [0.1, 0.15) is 5.56 Å². The summed E-state index contributed by atoms with van der Waals surface area (Å²) in [5, 5.41) is 11.4. The molecule has 7 heteroatoms. The third-order valence-electron chi connectivity index (χ3n) is 2.46. The number of aromatic nitrogens is 2. The lowest BCUT2D eigenvalue weighted by atomic mass is 10.2. The third-order valence-corrected chi connectivity index (χ3v) is 2.46. The highest BCUT2D eigenvalue weighted by atomic mass is 19.4. The molecule has 0 spiro atoms. The first-order valence-corrected chi connectivity index (χ1v) is 4.93. The van der Waals surface area contributed by atoms with E-state index < -0.39 is 11.7 Å². The number of hydrogen-bond acceptors (Lipinski definition) is 2. The molecule has 2 rings (SSSR count). The molecule has 0 radical (unpaired) electrons. The van der Waals surface area contributed by atoms with Crippen LogP contribution in [0.2, 0.25) is 0 Å². The molecular formula is C10H10F3N3O. The molecule has 0 saturated heterocycles. The van der Waals surface area contributed by atoms with Crippen molar-refractivity contribution in [2.24, 2.45) is 5.73 Å². The van der Waals surface area contributed by atoms with Crippen molar-refractivity contribution in [3.05, 3.63) is 35.3 Å². The highest BCUT2D eigenvalue weighted by Crippen LogP contribution is 2.30. The van der Waals surface area contributed by atoms with Crippen LogP contribution in [0.4, 0.5) is 13.2 Å². The first-order valence-electron chi connectivity index (χ1n) is 4.93. The fraction of sp³-hybridized carbons (Fsp3) is 0.300. The van der Waals surface area contributed by atoms with Gasteiger partial charge in [-0.15, -0.1) is 0 Å². The second kappa shape index (κ2) is 3.92. The number of imidazole rings is 1. The Hall–Kier alpha value is -1.76. The van der Waals surface area contributed by atoms with Crippen molar-refractivity contribution < 1.29 is 17.9 Å². The van der Waals surface area contributed by atoms with Gasteiger partial charge in [0.1, 0.15) is 6.54 Å². The van der Waals surface area contributed by atoms with E-state index in [4.69, 9.17) is 5.73 Å². The molecular weight excluding hydrogens is 235 g/mol. The van der Waals surface area contributed by atoms with Crippen LogP contribution in [-0.4, -0.2) is 11.1 Å². The molecule has 0 aliphatic carbocycles. The highest BCUT2D eigenvalue weighted by molar-refractivity contribution is 5.73.